The maximum atomic E-state index is 13.3. The molecule has 2 bridgehead atoms. The molecule has 7 rings (SSSR count). The summed E-state index contributed by atoms with van der Waals surface area (Å²) in [7, 11) is 4.89. The zero-order valence-corrected chi connectivity index (χ0v) is 33.4. The van der Waals surface area contributed by atoms with E-state index in [4.69, 9.17) is 23.7 Å². The van der Waals surface area contributed by atoms with Crippen LogP contribution in [0.5, 0.6) is 17.2 Å². The molecule has 0 saturated carbocycles. The maximum Gasteiger partial charge on any atom is 0.240 e. The lowest BCUT2D eigenvalue weighted by molar-refractivity contribution is -0.145. The van der Waals surface area contributed by atoms with E-state index in [1.807, 2.05) is 89.8 Å². The van der Waals surface area contributed by atoms with Crippen LogP contribution in [0.4, 0.5) is 0 Å². The SMILES string of the molecule is COc1ccc(C(OCC2(CO)CCN(C(=O)CCCCCNC(=O)CN3C(=O)C4C5C=CC(O5)C4C3=O)CC2)(c2ccc(OC)cc2)c2ccc(OC)cc2)cc1. The molecule has 4 aliphatic heterocycles. The van der Waals surface area contributed by atoms with Crippen LogP contribution in [-0.2, 0) is 34.3 Å². The van der Waals surface area contributed by atoms with Crippen molar-refractivity contribution >= 4 is 23.6 Å². The summed E-state index contributed by atoms with van der Waals surface area (Å²) in [6.07, 6.45) is 6.45. The van der Waals surface area contributed by atoms with Crippen LogP contribution in [0.2, 0.25) is 0 Å². The zero-order chi connectivity index (χ0) is 40.9. The molecule has 4 aliphatic rings. The van der Waals surface area contributed by atoms with Gasteiger partial charge in [0.2, 0.25) is 23.6 Å². The molecule has 4 amide bonds. The van der Waals surface area contributed by atoms with E-state index in [0.29, 0.717) is 69.0 Å². The summed E-state index contributed by atoms with van der Waals surface area (Å²) < 4.78 is 29.3. The minimum Gasteiger partial charge on any atom is -0.497 e. The molecule has 4 atom stereocenters. The molecule has 13 heteroatoms. The summed E-state index contributed by atoms with van der Waals surface area (Å²) >= 11 is 0. The van der Waals surface area contributed by atoms with Crippen LogP contribution in [-0.4, -0.2) is 111 Å². The average Bonchev–Trinajstić information content (AvgIpc) is 3.96. The number of hydrogen-bond acceptors (Lipinski definition) is 10. The lowest BCUT2D eigenvalue weighted by Crippen LogP contribution is -2.48. The Morgan fingerprint density at radius 2 is 1.24 bits per heavy atom. The summed E-state index contributed by atoms with van der Waals surface area (Å²) in [5.74, 6) is 0.0862. The number of aliphatic hydroxyl groups excluding tert-OH is 1. The van der Waals surface area contributed by atoms with Crippen molar-refractivity contribution in [3.05, 3.63) is 102 Å². The smallest absolute Gasteiger partial charge is 0.240 e. The van der Waals surface area contributed by atoms with Crippen LogP contribution in [0.15, 0.2) is 84.9 Å². The quantitative estimate of drug-likeness (QED) is 0.0828. The van der Waals surface area contributed by atoms with Gasteiger partial charge < -0.3 is 39.0 Å². The van der Waals surface area contributed by atoms with Crippen molar-refractivity contribution in [2.45, 2.75) is 56.3 Å². The number of carbonyl (C=O) groups is 4. The number of hydrogen-bond donors (Lipinski definition) is 2. The minimum absolute atomic E-state index is 0.0598. The highest BCUT2D eigenvalue weighted by molar-refractivity contribution is 6.08. The number of imide groups is 1. The Bertz CT molecular complexity index is 1810. The fraction of sp³-hybridized carbons (Fsp3) is 0.467. The third-order valence-electron chi connectivity index (χ3n) is 12.3. The third kappa shape index (κ3) is 8.07. The second-order valence-electron chi connectivity index (χ2n) is 15.6. The highest BCUT2D eigenvalue weighted by Gasteiger charge is 2.60. The number of benzene rings is 3. The van der Waals surface area contributed by atoms with Crippen molar-refractivity contribution < 1.29 is 48.0 Å². The fourth-order valence-corrected chi connectivity index (χ4v) is 8.75. The van der Waals surface area contributed by atoms with Crippen LogP contribution in [0.1, 0.15) is 55.2 Å². The van der Waals surface area contributed by atoms with Gasteiger partial charge >= 0.3 is 0 Å². The second-order valence-corrected chi connectivity index (χ2v) is 15.6. The van der Waals surface area contributed by atoms with Gasteiger partial charge in [0.15, 0.2) is 0 Å². The molecule has 0 spiro atoms. The number of piperidine rings is 1. The molecule has 4 unspecified atom stereocenters. The van der Waals surface area contributed by atoms with Gasteiger partial charge in [-0.05, 0) is 78.8 Å². The number of nitrogens with one attached hydrogen (secondary N) is 1. The summed E-state index contributed by atoms with van der Waals surface area (Å²) in [5, 5.41) is 13.7. The molecule has 0 aliphatic carbocycles. The monoisotopic (exact) mass is 795 g/mol. The van der Waals surface area contributed by atoms with Gasteiger partial charge in [-0.1, -0.05) is 55.0 Å². The largest absolute Gasteiger partial charge is 0.497 e. The summed E-state index contributed by atoms with van der Waals surface area (Å²) in [4.78, 5) is 54.5. The van der Waals surface area contributed by atoms with E-state index in [-0.39, 0.29) is 55.6 Å². The van der Waals surface area contributed by atoms with Crippen LogP contribution >= 0.6 is 0 Å². The van der Waals surface area contributed by atoms with Gasteiger partial charge in [0.25, 0.3) is 0 Å². The number of fused-ring (bicyclic) bond motifs is 5. The Morgan fingerprint density at radius 1 is 0.759 bits per heavy atom. The summed E-state index contributed by atoms with van der Waals surface area (Å²) in [5.41, 5.74) is 0.973. The Kier molecular flexibility index (Phi) is 12.5. The number of rotatable bonds is 18. The maximum absolute atomic E-state index is 13.3. The van der Waals surface area contributed by atoms with E-state index in [1.165, 1.54) is 0 Å². The number of amides is 4. The Labute approximate surface area is 339 Å². The Balaban J connectivity index is 0.925. The van der Waals surface area contributed by atoms with Gasteiger partial charge in [0.05, 0.1) is 58.6 Å². The highest BCUT2D eigenvalue weighted by Crippen LogP contribution is 2.46. The van der Waals surface area contributed by atoms with E-state index in [0.717, 1.165) is 28.0 Å². The van der Waals surface area contributed by atoms with Gasteiger partial charge in [0.1, 0.15) is 29.4 Å². The van der Waals surface area contributed by atoms with Crippen molar-refractivity contribution in [2.75, 3.05) is 60.7 Å². The lowest BCUT2D eigenvalue weighted by atomic mass is 9.77. The molecule has 308 valence electrons. The van der Waals surface area contributed by atoms with Crippen LogP contribution < -0.4 is 19.5 Å². The van der Waals surface area contributed by atoms with Crippen LogP contribution in [0.25, 0.3) is 0 Å². The normalized spacial score (nSPS) is 21.9. The van der Waals surface area contributed by atoms with Gasteiger partial charge in [-0.2, -0.15) is 0 Å². The van der Waals surface area contributed by atoms with Crippen molar-refractivity contribution in [3.8, 4) is 17.2 Å². The third-order valence-corrected chi connectivity index (χ3v) is 12.3. The highest BCUT2D eigenvalue weighted by atomic mass is 16.5. The van der Waals surface area contributed by atoms with Crippen molar-refractivity contribution in [2.24, 2.45) is 17.3 Å². The van der Waals surface area contributed by atoms with Crippen molar-refractivity contribution in [3.63, 3.8) is 0 Å². The molecule has 3 aromatic carbocycles. The molecule has 3 saturated heterocycles. The average molecular weight is 796 g/mol. The fourth-order valence-electron chi connectivity index (χ4n) is 8.75. The molecule has 4 heterocycles. The molecule has 2 N–H and O–H groups in total. The second kappa shape index (κ2) is 17.7. The first kappa shape index (κ1) is 40.9. The molecule has 13 nitrogen and oxygen atoms in total. The van der Waals surface area contributed by atoms with Crippen LogP contribution in [0, 0.1) is 17.3 Å². The van der Waals surface area contributed by atoms with Crippen LogP contribution in [0.3, 0.4) is 0 Å². The molecular formula is C45H53N3O10. The standard InChI is InChI=1S/C45H53N3O10/c1-54-33-14-8-30(9-15-33)45(31-10-16-34(55-2)17-11-31,32-12-18-35(56-3)19-13-32)57-29-44(28-49)22-25-47(26-23-44)39(51)7-5-4-6-24-46-38(50)27-48-42(52)40-36-20-21-37(58-36)41(40)43(48)53/h8-21,36-37,40-41,49H,4-7,22-29H2,1-3H3,(H,46,50). The number of ether oxygens (including phenoxy) is 5. The molecule has 0 aromatic heterocycles. The first-order chi connectivity index (χ1) is 28.1. The van der Waals surface area contributed by atoms with E-state index < -0.39 is 22.9 Å². The summed E-state index contributed by atoms with van der Waals surface area (Å²) in [6, 6.07) is 23.4. The predicted octanol–water partition coefficient (Wildman–Crippen LogP) is 4.24. The molecule has 3 aromatic rings. The van der Waals surface area contributed by atoms with E-state index in [9.17, 15) is 24.3 Å². The Hall–Kier alpha value is -5.24. The number of aliphatic hydroxyl groups is 1. The van der Waals surface area contributed by atoms with Gasteiger partial charge in [-0.3, -0.25) is 24.1 Å². The number of nitrogens with zero attached hydrogens (tertiary/aromatic N) is 2. The first-order valence-corrected chi connectivity index (χ1v) is 20.1. The number of carbonyl (C=O) groups excluding carboxylic acids is 4. The van der Waals surface area contributed by atoms with Gasteiger partial charge in [-0.25, -0.2) is 0 Å². The zero-order valence-electron chi connectivity index (χ0n) is 33.4. The van der Waals surface area contributed by atoms with Gasteiger partial charge in [-0.15, -0.1) is 0 Å². The summed E-state index contributed by atoms with van der Waals surface area (Å²) in [6.45, 7) is 1.23. The van der Waals surface area contributed by atoms with Crippen molar-refractivity contribution in [1.29, 1.82) is 0 Å². The molecule has 0 radical (unpaired) electrons. The minimum atomic E-state index is -1.08. The number of methoxy groups -OCH3 is 3. The molecule has 58 heavy (non-hydrogen) atoms. The predicted molar refractivity (Wildman–Crippen MR) is 213 cm³/mol. The van der Waals surface area contributed by atoms with E-state index in [1.54, 1.807) is 21.3 Å². The molecule has 3 fully saturated rings. The number of unbranched alkanes of at least 4 members (excludes halogenated alkanes) is 2. The molecular weight excluding hydrogens is 743 g/mol. The van der Waals surface area contributed by atoms with E-state index in [2.05, 4.69) is 5.32 Å². The van der Waals surface area contributed by atoms with E-state index >= 15 is 0 Å². The van der Waals surface area contributed by atoms with Crippen molar-refractivity contribution in [1.82, 2.24) is 15.1 Å². The first-order valence-electron chi connectivity index (χ1n) is 20.1. The topological polar surface area (TPSA) is 153 Å². The van der Waals surface area contributed by atoms with Gasteiger partial charge in [0, 0.05) is 31.5 Å². The number of likely N-dealkylation sites (tertiary alicyclic amines) is 2. The lowest BCUT2D eigenvalue weighted by Gasteiger charge is -2.44. The Morgan fingerprint density at radius 3 is 1.69 bits per heavy atom.